The summed E-state index contributed by atoms with van der Waals surface area (Å²) in [7, 11) is 1.87. The lowest BCUT2D eigenvalue weighted by Gasteiger charge is -2.20. The smallest absolute Gasteiger partial charge is 0.407 e. The first kappa shape index (κ1) is 15.2. The van der Waals surface area contributed by atoms with Gasteiger partial charge < -0.3 is 10.1 Å². The molecule has 96 valence electrons. The number of hydrogen-bond donors (Lipinski definition) is 1. The maximum absolute atomic E-state index is 11.3. The molecule has 0 aliphatic carbocycles. The van der Waals surface area contributed by atoms with Gasteiger partial charge in [-0.05, 0) is 34.1 Å². The van der Waals surface area contributed by atoms with Crippen LogP contribution < -0.4 is 5.32 Å². The Labute approximate surface area is 98.0 Å². The summed E-state index contributed by atoms with van der Waals surface area (Å²) in [4.78, 5) is 16.5. The fourth-order valence-corrected chi connectivity index (χ4v) is 1.09. The first-order chi connectivity index (χ1) is 7.35. The predicted octanol–water partition coefficient (Wildman–Crippen LogP) is 1.78. The fraction of sp³-hybridized carbons (Fsp3) is 0.909. The van der Waals surface area contributed by atoms with Crippen LogP contribution in [0.2, 0.25) is 0 Å². The molecule has 0 aromatic carbocycles. The van der Waals surface area contributed by atoms with Crippen LogP contribution in [0, 0.1) is 0 Å². The van der Waals surface area contributed by atoms with Gasteiger partial charge in [0.25, 0.3) is 0 Å². The number of nitrogens with zero attached hydrogens (tertiary/aromatic N) is 1. The van der Waals surface area contributed by atoms with E-state index in [9.17, 15) is 4.79 Å². The third-order valence-corrected chi connectivity index (χ3v) is 1.67. The van der Waals surface area contributed by atoms with E-state index < -0.39 is 5.60 Å². The van der Waals surface area contributed by atoms with Gasteiger partial charge in [0.2, 0.25) is 0 Å². The molecule has 0 bridgehead atoms. The minimum absolute atomic E-state index is 0.369. The molecule has 0 fully saturated rings. The van der Waals surface area contributed by atoms with Gasteiger partial charge in [-0.2, -0.15) is 5.06 Å². The Kier molecular flexibility index (Phi) is 7.08. The number of hydrogen-bond acceptors (Lipinski definition) is 4. The van der Waals surface area contributed by atoms with Crippen LogP contribution >= 0.6 is 0 Å². The van der Waals surface area contributed by atoms with Crippen molar-refractivity contribution >= 4 is 6.09 Å². The quantitative estimate of drug-likeness (QED) is 0.560. The second-order valence-corrected chi connectivity index (χ2v) is 4.55. The van der Waals surface area contributed by atoms with Gasteiger partial charge in [-0.1, -0.05) is 0 Å². The average molecular weight is 232 g/mol. The Morgan fingerprint density at radius 2 is 2.00 bits per heavy atom. The van der Waals surface area contributed by atoms with Crippen molar-refractivity contribution in [3.8, 4) is 0 Å². The van der Waals surface area contributed by atoms with Crippen LogP contribution in [0.4, 0.5) is 4.79 Å². The van der Waals surface area contributed by atoms with E-state index in [1.54, 1.807) is 5.06 Å². The van der Waals surface area contributed by atoms with Crippen LogP contribution in [0.5, 0.6) is 0 Å². The molecular weight excluding hydrogens is 208 g/mol. The molecule has 5 nitrogen and oxygen atoms in total. The van der Waals surface area contributed by atoms with Crippen molar-refractivity contribution in [1.82, 2.24) is 10.4 Å². The molecule has 0 aliphatic heterocycles. The second-order valence-electron chi connectivity index (χ2n) is 4.55. The van der Waals surface area contributed by atoms with Crippen molar-refractivity contribution in [3.63, 3.8) is 0 Å². The molecular formula is C11H24N2O3. The summed E-state index contributed by atoms with van der Waals surface area (Å²) in [5.41, 5.74) is -0.438. The molecule has 0 unspecified atom stereocenters. The van der Waals surface area contributed by atoms with Gasteiger partial charge in [0.1, 0.15) is 5.60 Å². The first-order valence-corrected chi connectivity index (χ1v) is 5.66. The molecule has 0 heterocycles. The molecule has 5 heteroatoms. The standard InChI is InChI=1S/C11H24N2O3/c1-6-15-13(5)9-7-8-12-10(14)16-11(2,3)4/h6-9H2,1-5H3,(H,12,14). The lowest BCUT2D eigenvalue weighted by molar-refractivity contribution is -0.134. The van der Waals surface area contributed by atoms with Crippen molar-refractivity contribution in [2.24, 2.45) is 0 Å². The Morgan fingerprint density at radius 1 is 1.38 bits per heavy atom. The molecule has 0 saturated heterocycles. The summed E-state index contributed by atoms with van der Waals surface area (Å²) in [5, 5.41) is 4.45. The summed E-state index contributed by atoms with van der Waals surface area (Å²) in [5.74, 6) is 0. The molecule has 0 saturated carbocycles. The Balaban J connectivity index is 3.48. The Bertz CT molecular complexity index is 202. The van der Waals surface area contributed by atoms with Crippen molar-refractivity contribution in [2.45, 2.75) is 39.7 Å². The monoisotopic (exact) mass is 232 g/mol. The Morgan fingerprint density at radius 3 is 2.50 bits per heavy atom. The first-order valence-electron chi connectivity index (χ1n) is 5.66. The maximum atomic E-state index is 11.3. The molecule has 16 heavy (non-hydrogen) atoms. The number of alkyl carbamates (subject to hydrolysis) is 1. The van der Waals surface area contributed by atoms with E-state index >= 15 is 0 Å². The van der Waals surface area contributed by atoms with Crippen LogP contribution in [0.15, 0.2) is 0 Å². The SMILES string of the molecule is CCON(C)CCCNC(=O)OC(C)(C)C. The zero-order chi connectivity index (χ0) is 12.6. The van der Waals surface area contributed by atoms with Gasteiger partial charge in [0, 0.05) is 20.1 Å². The highest BCUT2D eigenvalue weighted by Crippen LogP contribution is 2.06. The molecule has 0 atom stereocenters. The zero-order valence-electron chi connectivity index (χ0n) is 11.0. The molecule has 0 rings (SSSR count). The lowest BCUT2D eigenvalue weighted by Crippen LogP contribution is -2.34. The van der Waals surface area contributed by atoms with Gasteiger partial charge in [-0.25, -0.2) is 4.79 Å². The van der Waals surface area contributed by atoms with E-state index in [-0.39, 0.29) is 6.09 Å². The normalized spacial score (nSPS) is 11.6. The minimum atomic E-state index is -0.438. The molecule has 1 amide bonds. The number of carbonyl (C=O) groups excluding carboxylic acids is 1. The second kappa shape index (κ2) is 7.46. The van der Waals surface area contributed by atoms with E-state index in [4.69, 9.17) is 9.57 Å². The van der Waals surface area contributed by atoms with E-state index in [0.717, 1.165) is 13.0 Å². The summed E-state index contributed by atoms with van der Waals surface area (Å²) >= 11 is 0. The topological polar surface area (TPSA) is 50.8 Å². The molecule has 0 radical (unpaired) electrons. The predicted molar refractivity (Wildman–Crippen MR) is 63.1 cm³/mol. The van der Waals surface area contributed by atoms with Crippen LogP contribution in [0.25, 0.3) is 0 Å². The van der Waals surface area contributed by atoms with E-state index in [1.807, 2.05) is 34.7 Å². The number of hydroxylamine groups is 2. The number of rotatable bonds is 6. The number of carbonyl (C=O) groups is 1. The van der Waals surface area contributed by atoms with Gasteiger partial charge >= 0.3 is 6.09 Å². The molecule has 0 aromatic rings. The molecule has 1 N–H and O–H groups in total. The summed E-state index contributed by atoms with van der Waals surface area (Å²) < 4.78 is 5.10. The van der Waals surface area contributed by atoms with E-state index in [1.165, 1.54) is 0 Å². The number of amides is 1. The Hall–Kier alpha value is -0.810. The maximum Gasteiger partial charge on any atom is 0.407 e. The highest BCUT2D eigenvalue weighted by molar-refractivity contribution is 5.67. The third kappa shape index (κ3) is 9.73. The van der Waals surface area contributed by atoms with Gasteiger partial charge in [0.05, 0.1) is 6.61 Å². The minimum Gasteiger partial charge on any atom is -0.444 e. The van der Waals surface area contributed by atoms with Crippen LogP contribution in [0.3, 0.4) is 0 Å². The third-order valence-electron chi connectivity index (χ3n) is 1.67. The summed E-state index contributed by atoms with van der Waals surface area (Å²) in [6.07, 6.45) is 0.460. The van der Waals surface area contributed by atoms with Crippen molar-refractivity contribution in [3.05, 3.63) is 0 Å². The lowest BCUT2D eigenvalue weighted by atomic mass is 10.2. The van der Waals surface area contributed by atoms with Gasteiger partial charge in [-0.15, -0.1) is 0 Å². The van der Waals surface area contributed by atoms with Gasteiger partial charge in [0.15, 0.2) is 0 Å². The summed E-state index contributed by atoms with van der Waals surface area (Å²) in [6, 6.07) is 0. The summed E-state index contributed by atoms with van der Waals surface area (Å²) in [6.45, 7) is 9.50. The number of ether oxygens (including phenoxy) is 1. The van der Waals surface area contributed by atoms with Crippen molar-refractivity contribution < 1.29 is 14.4 Å². The fourth-order valence-electron chi connectivity index (χ4n) is 1.09. The molecule has 0 spiro atoms. The van der Waals surface area contributed by atoms with Crippen LogP contribution in [-0.4, -0.2) is 43.5 Å². The highest BCUT2D eigenvalue weighted by atomic mass is 16.7. The van der Waals surface area contributed by atoms with E-state index in [2.05, 4.69) is 5.32 Å². The van der Waals surface area contributed by atoms with Crippen molar-refractivity contribution in [2.75, 3.05) is 26.7 Å². The largest absolute Gasteiger partial charge is 0.444 e. The van der Waals surface area contributed by atoms with Crippen molar-refractivity contribution in [1.29, 1.82) is 0 Å². The average Bonchev–Trinajstić information content (AvgIpc) is 2.10. The zero-order valence-corrected chi connectivity index (χ0v) is 11.0. The van der Waals surface area contributed by atoms with Crippen LogP contribution in [0.1, 0.15) is 34.1 Å². The molecule has 0 aliphatic rings. The highest BCUT2D eigenvalue weighted by Gasteiger charge is 2.15. The van der Waals surface area contributed by atoms with Crippen LogP contribution in [-0.2, 0) is 9.57 Å². The van der Waals surface area contributed by atoms with Gasteiger partial charge in [-0.3, -0.25) is 4.84 Å². The number of nitrogens with one attached hydrogen (secondary N) is 1. The molecule has 0 aromatic heterocycles. The van der Waals surface area contributed by atoms with E-state index in [0.29, 0.717) is 13.2 Å².